The molecule has 0 aliphatic carbocycles. The summed E-state index contributed by atoms with van der Waals surface area (Å²) in [5.74, 6) is -1.09. The minimum Gasteiger partial charge on any atom is -0.479 e. The first-order valence-electron chi connectivity index (χ1n) is 8.29. The van der Waals surface area contributed by atoms with Gasteiger partial charge in [0.1, 0.15) is 0 Å². The lowest BCUT2D eigenvalue weighted by Crippen LogP contribution is -2.44. The molecule has 0 fully saturated rings. The minimum atomic E-state index is -1.10. The Hall–Kier alpha value is -2.38. The first-order valence-corrected chi connectivity index (χ1v) is 9.11. The van der Waals surface area contributed by atoms with Crippen molar-refractivity contribution in [3.8, 4) is 0 Å². The maximum Gasteiger partial charge on any atom is 0.330 e. The Morgan fingerprint density at radius 1 is 1.27 bits per heavy atom. The molecular formula is C19H24N2O4S. The first-order chi connectivity index (χ1) is 12.4. The lowest BCUT2D eigenvalue weighted by atomic mass is 10.0. The van der Waals surface area contributed by atoms with Crippen molar-refractivity contribution < 1.29 is 19.4 Å². The molecule has 1 aromatic heterocycles. The number of methoxy groups -OCH3 is 1. The molecule has 6 nitrogen and oxygen atoms in total. The number of carbonyl (C=O) groups excluding carboxylic acids is 1. The van der Waals surface area contributed by atoms with Gasteiger partial charge in [-0.25, -0.2) is 9.59 Å². The van der Waals surface area contributed by atoms with E-state index in [1.54, 1.807) is 41.5 Å². The van der Waals surface area contributed by atoms with Crippen LogP contribution in [0.5, 0.6) is 0 Å². The van der Waals surface area contributed by atoms with Crippen LogP contribution in [0.15, 0.2) is 36.4 Å². The van der Waals surface area contributed by atoms with E-state index in [2.05, 4.69) is 5.32 Å². The number of rotatable bonds is 8. The number of ether oxygens (including phenoxy) is 1. The van der Waals surface area contributed by atoms with Gasteiger partial charge in [0, 0.05) is 23.4 Å². The van der Waals surface area contributed by atoms with Crippen molar-refractivity contribution in [2.24, 2.45) is 0 Å². The van der Waals surface area contributed by atoms with Crippen molar-refractivity contribution in [2.45, 2.75) is 26.4 Å². The van der Waals surface area contributed by atoms with Gasteiger partial charge in [-0.1, -0.05) is 29.8 Å². The van der Waals surface area contributed by atoms with E-state index in [1.165, 1.54) is 0 Å². The third kappa shape index (κ3) is 5.57. The number of carboxylic acid groups (broad SMARTS) is 1. The molecular weight excluding hydrogens is 352 g/mol. The largest absolute Gasteiger partial charge is 0.479 e. The standard InChI is InChI=1S/C19H24N2O4S/c1-13-5-4-6-15(11-13)17(18(22)23)20-19(24)21(9-10-25-3)12-16-8-7-14(2)26-16/h4-8,11,17H,9-10,12H2,1-3H3,(H,20,24)(H,22,23). The van der Waals surface area contributed by atoms with E-state index < -0.39 is 18.0 Å². The number of amides is 2. The number of nitrogens with one attached hydrogen (secondary N) is 1. The van der Waals surface area contributed by atoms with Gasteiger partial charge in [-0.15, -0.1) is 11.3 Å². The molecule has 7 heteroatoms. The van der Waals surface area contributed by atoms with Crippen LogP contribution in [-0.4, -0.2) is 42.3 Å². The zero-order chi connectivity index (χ0) is 19.1. The smallest absolute Gasteiger partial charge is 0.330 e. The molecule has 0 aliphatic heterocycles. The lowest BCUT2D eigenvalue weighted by Gasteiger charge is -2.25. The molecule has 1 aromatic carbocycles. The van der Waals surface area contributed by atoms with Crippen LogP contribution < -0.4 is 5.32 Å². The molecule has 2 N–H and O–H groups in total. The van der Waals surface area contributed by atoms with Gasteiger partial charge in [0.15, 0.2) is 6.04 Å². The van der Waals surface area contributed by atoms with Gasteiger partial charge >= 0.3 is 12.0 Å². The quantitative estimate of drug-likeness (QED) is 0.741. The monoisotopic (exact) mass is 376 g/mol. The van der Waals surface area contributed by atoms with Crippen LogP contribution in [0, 0.1) is 13.8 Å². The number of benzene rings is 1. The average Bonchev–Trinajstić information content (AvgIpc) is 3.00. The molecule has 26 heavy (non-hydrogen) atoms. The Kier molecular flexibility index (Phi) is 7.17. The molecule has 2 rings (SSSR count). The second kappa shape index (κ2) is 9.35. The molecule has 0 saturated heterocycles. The van der Waals surface area contributed by atoms with E-state index in [-0.39, 0.29) is 0 Å². The van der Waals surface area contributed by atoms with E-state index in [0.717, 1.165) is 15.3 Å². The number of aliphatic carboxylic acids is 1. The topological polar surface area (TPSA) is 78.9 Å². The molecule has 2 aromatic rings. The number of thiophene rings is 1. The number of carboxylic acids is 1. The molecule has 2 amide bonds. The van der Waals surface area contributed by atoms with Gasteiger partial charge in [0.05, 0.1) is 13.2 Å². The van der Waals surface area contributed by atoms with Crippen molar-refractivity contribution in [3.63, 3.8) is 0 Å². The van der Waals surface area contributed by atoms with Crippen LogP contribution in [-0.2, 0) is 16.1 Å². The van der Waals surface area contributed by atoms with E-state index in [4.69, 9.17) is 4.74 Å². The normalized spacial score (nSPS) is 11.8. The molecule has 0 aliphatic rings. The summed E-state index contributed by atoms with van der Waals surface area (Å²) in [4.78, 5) is 28.2. The molecule has 0 radical (unpaired) electrons. The van der Waals surface area contributed by atoms with Gasteiger partial charge in [-0.05, 0) is 31.5 Å². The van der Waals surface area contributed by atoms with E-state index in [1.807, 2.05) is 32.0 Å². The summed E-state index contributed by atoms with van der Waals surface area (Å²) < 4.78 is 5.08. The second-order valence-electron chi connectivity index (χ2n) is 6.06. The highest BCUT2D eigenvalue weighted by molar-refractivity contribution is 7.11. The molecule has 1 unspecified atom stereocenters. The molecule has 1 atom stereocenters. The zero-order valence-electron chi connectivity index (χ0n) is 15.2. The summed E-state index contributed by atoms with van der Waals surface area (Å²) in [7, 11) is 1.57. The Bertz CT molecular complexity index is 760. The van der Waals surface area contributed by atoms with Gasteiger partial charge < -0.3 is 20.1 Å². The number of aryl methyl sites for hydroxylation is 2. The fourth-order valence-electron chi connectivity index (χ4n) is 2.56. The van der Waals surface area contributed by atoms with Gasteiger partial charge in [-0.2, -0.15) is 0 Å². The Morgan fingerprint density at radius 3 is 2.62 bits per heavy atom. The SMILES string of the molecule is COCCN(Cc1ccc(C)s1)C(=O)NC(C(=O)O)c1cccc(C)c1. The molecule has 0 bridgehead atoms. The number of hydrogen-bond acceptors (Lipinski definition) is 4. The highest BCUT2D eigenvalue weighted by Crippen LogP contribution is 2.19. The van der Waals surface area contributed by atoms with Crippen molar-refractivity contribution >= 4 is 23.3 Å². The highest BCUT2D eigenvalue weighted by atomic mass is 32.1. The van der Waals surface area contributed by atoms with E-state index >= 15 is 0 Å². The maximum absolute atomic E-state index is 12.7. The lowest BCUT2D eigenvalue weighted by molar-refractivity contribution is -0.139. The third-order valence-electron chi connectivity index (χ3n) is 3.89. The first kappa shape index (κ1) is 19.9. The Morgan fingerprint density at radius 2 is 2.04 bits per heavy atom. The van der Waals surface area contributed by atoms with Gasteiger partial charge in [0.25, 0.3) is 0 Å². The minimum absolute atomic E-state index is 0.374. The summed E-state index contributed by atoms with van der Waals surface area (Å²) >= 11 is 1.61. The number of nitrogens with zero attached hydrogens (tertiary/aromatic N) is 1. The van der Waals surface area contributed by atoms with Gasteiger partial charge in [0.2, 0.25) is 0 Å². The van der Waals surface area contributed by atoms with Crippen molar-refractivity contribution in [3.05, 3.63) is 57.3 Å². The van der Waals surface area contributed by atoms with E-state index in [9.17, 15) is 14.7 Å². The second-order valence-corrected chi connectivity index (χ2v) is 7.43. The average molecular weight is 376 g/mol. The van der Waals surface area contributed by atoms with Crippen LogP contribution in [0.3, 0.4) is 0 Å². The Balaban J connectivity index is 2.15. The van der Waals surface area contributed by atoms with Gasteiger partial charge in [-0.3, -0.25) is 0 Å². The predicted octanol–water partition coefficient (Wildman–Crippen LogP) is 3.35. The predicted molar refractivity (Wildman–Crippen MR) is 101 cm³/mol. The van der Waals surface area contributed by atoms with Crippen LogP contribution in [0.25, 0.3) is 0 Å². The van der Waals surface area contributed by atoms with Crippen LogP contribution in [0.1, 0.15) is 26.9 Å². The van der Waals surface area contributed by atoms with Crippen LogP contribution >= 0.6 is 11.3 Å². The molecule has 1 heterocycles. The summed E-state index contributed by atoms with van der Waals surface area (Å²) in [5.41, 5.74) is 1.48. The van der Waals surface area contributed by atoms with Crippen molar-refractivity contribution in [1.29, 1.82) is 0 Å². The summed E-state index contributed by atoms with van der Waals surface area (Å²) in [6.45, 7) is 5.05. The van der Waals surface area contributed by atoms with Crippen LogP contribution in [0.4, 0.5) is 4.79 Å². The fraction of sp³-hybridized carbons (Fsp3) is 0.368. The maximum atomic E-state index is 12.7. The fourth-order valence-corrected chi connectivity index (χ4v) is 3.47. The molecule has 0 saturated carbocycles. The number of hydrogen-bond donors (Lipinski definition) is 2. The third-order valence-corrected chi connectivity index (χ3v) is 4.87. The van der Waals surface area contributed by atoms with E-state index in [0.29, 0.717) is 25.3 Å². The summed E-state index contributed by atoms with van der Waals surface area (Å²) in [6, 6.07) is 9.58. The Labute approximate surface area is 157 Å². The highest BCUT2D eigenvalue weighted by Gasteiger charge is 2.25. The summed E-state index contributed by atoms with van der Waals surface area (Å²) in [6.07, 6.45) is 0. The number of urea groups is 1. The zero-order valence-corrected chi connectivity index (χ0v) is 16.0. The number of carbonyl (C=O) groups is 2. The summed E-state index contributed by atoms with van der Waals surface area (Å²) in [5, 5.41) is 12.2. The van der Waals surface area contributed by atoms with Crippen molar-refractivity contribution in [1.82, 2.24) is 10.2 Å². The van der Waals surface area contributed by atoms with Crippen LogP contribution in [0.2, 0.25) is 0 Å². The molecule has 140 valence electrons. The van der Waals surface area contributed by atoms with Crippen molar-refractivity contribution in [2.75, 3.05) is 20.3 Å². The molecule has 0 spiro atoms.